The van der Waals surface area contributed by atoms with Crippen molar-refractivity contribution in [2.75, 3.05) is 25.0 Å². The van der Waals surface area contributed by atoms with Crippen molar-refractivity contribution in [3.05, 3.63) is 28.2 Å². The average Bonchev–Trinajstić information content (AvgIpc) is 2.81. The van der Waals surface area contributed by atoms with Crippen LogP contribution in [0.25, 0.3) is 0 Å². The Morgan fingerprint density at radius 3 is 2.95 bits per heavy atom. The molecule has 1 fully saturated rings. The van der Waals surface area contributed by atoms with Gasteiger partial charge in [-0.25, -0.2) is 0 Å². The maximum atomic E-state index is 11.9. The molecule has 1 aliphatic rings. The number of carbonyl (C=O) groups is 1. The Morgan fingerprint density at radius 2 is 2.32 bits per heavy atom. The van der Waals surface area contributed by atoms with E-state index in [-0.39, 0.29) is 17.9 Å². The summed E-state index contributed by atoms with van der Waals surface area (Å²) in [4.78, 5) is 14.1. The van der Waals surface area contributed by atoms with Crippen LogP contribution in [0, 0.1) is 5.41 Å². The van der Waals surface area contributed by atoms with Gasteiger partial charge in [-0.15, -0.1) is 0 Å². The van der Waals surface area contributed by atoms with Gasteiger partial charge < -0.3 is 15.3 Å². The van der Waals surface area contributed by atoms with E-state index in [0.29, 0.717) is 6.54 Å². The lowest BCUT2D eigenvalue weighted by Crippen LogP contribution is -2.39. The van der Waals surface area contributed by atoms with Crippen molar-refractivity contribution in [2.45, 2.75) is 20.0 Å². The molecule has 0 radical (unpaired) electrons. The number of carbonyl (C=O) groups excluding carboxylic acids is 1. The largest absolute Gasteiger partial charge is 0.392 e. The fourth-order valence-corrected chi connectivity index (χ4v) is 3.05. The van der Waals surface area contributed by atoms with E-state index in [9.17, 15) is 9.90 Å². The Kier molecular flexibility index (Phi) is 4.16. The summed E-state index contributed by atoms with van der Waals surface area (Å²) >= 11 is 3.41. The van der Waals surface area contributed by atoms with E-state index in [1.54, 1.807) is 7.05 Å². The average molecular weight is 327 g/mol. The maximum absolute atomic E-state index is 11.9. The zero-order valence-corrected chi connectivity index (χ0v) is 12.8. The Labute approximate surface area is 121 Å². The molecule has 2 rings (SSSR count). The highest BCUT2D eigenvalue weighted by molar-refractivity contribution is 9.10. The molecule has 0 spiro atoms. The number of nitrogens with zero attached hydrogens (tertiary/aromatic N) is 1. The molecule has 0 bridgehead atoms. The van der Waals surface area contributed by atoms with Gasteiger partial charge in [0.1, 0.15) is 0 Å². The van der Waals surface area contributed by atoms with Gasteiger partial charge in [0, 0.05) is 35.9 Å². The third kappa shape index (κ3) is 2.77. The van der Waals surface area contributed by atoms with Crippen LogP contribution in [0.2, 0.25) is 0 Å². The fourth-order valence-electron chi connectivity index (χ4n) is 2.64. The summed E-state index contributed by atoms with van der Waals surface area (Å²) in [6, 6.07) is 5.88. The van der Waals surface area contributed by atoms with E-state index >= 15 is 0 Å². The molecule has 1 aromatic rings. The first-order valence-corrected chi connectivity index (χ1v) is 7.16. The summed E-state index contributed by atoms with van der Waals surface area (Å²) in [6.07, 6.45) is 0.827. The summed E-state index contributed by atoms with van der Waals surface area (Å²) in [5.74, 6) is 0.0812. The second-order valence-corrected chi connectivity index (χ2v) is 6.16. The fraction of sp³-hybridized carbons (Fsp3) is 0.500. The van der Waals surface area contributed by atoms with Gasteiger partial charge in [0.25, 0.3) is 0 Å². The van der Waals surface area contributed by atoms with E-state index in [1.165, 1.54) is 0 Å². The number of hydrogen-bond donors (Lipinski definition) is 2. The second-order valence-electron chi connectivity index (χ2n) is 5.24. The van der Waals surface area contributed by atoms with Gasteiger partial charge in [0.15, 0.2) is 0 Å². The van der Waals surface area contributed by atoms with Crippen LogP contribution in [0.3, 0.4) is 0 Å². The topological polar surface area (TPSA) is 52.6 Å². The van der Waals surface area contributed by atoms with Crippen molar-refractivity contribution in [2.24, 2.45) is 5.41 Å². The van der Waals surface area contributed by atoms with Crippen molar-refractivity contribution in [1.82, 2.24) is 5.32 Å². The normalized spacial score (nSPS) is 22.6. The number of rotatable bonds is 3. The highest BCUT2D eigenvalue weighted by Crippen LogP contribution is 2.35. The predicted octanol–water partition coefficient (Wildman–Crippen LogP) is 1.90. The molecule has 1 atom stereocenters. The molecule has 19 heavy (non-hydrogen) atoms. The molecule has 1 heterocycles. The third-order valence-corrected chi connectivity index (χ3v) is 4.29. The van der Waals surface area contributed by atoms with E-state index in [0.717, 1.165) is 28.7 Å². The standard InChI is InChI=1S/C14H19BrN2O2/c1-14(13(19)16-2)5-6-17(9-14)12-4-3-11(15)7-10(12)8-18/h3-4,7,18H,5-6,8-9H2,1-2H3,(H,16,19). The number of benzene rings is 1. The SMILES string of the molecule is CNC(=O)C1(C)CCN(c2ccc(Br)cc2CO)C1. The van der Waals surface area contributed by atoms with Crippen molar-refractivity contribution < 1.29 is 9.90 Å². The van der Waals surface area contributed by atoms with Crippen molar-refractivity contribution in [1.29, 1.82) is 0 Å². The lowest BCUT2D eigenvalue weighted by molar-refractivity contribution is -0.128. The van der Waals surface area contributed by atoms with Crippen LogP contribution in [0.4, 0.5) is 5.69 Å². The van der Waals surface area contributed by atoms with Gasteiger partial charge >= 0.3 is 0 Å². The van der Waals surface area contributed by atoms with Crippen LogP contribution in [0.1, 0.15) is 18.9 Å². The zero-order chi connectivity index (χ0) is 14.0. The number of amides is 1. The minimum absolute atomic E-state index is 0.00195. The van der Waals surface area contributed by atoms with Crippen molar-refractivity contribution >= 4 is 27.5 Å². The van der Waals surface area contributed by atoms with E-state index < -0.39 is 0 Å². The molecule has 4 nitrogen and oxygen atoms in total. The molecule has 1 saturated heterocycles. The molecule has 2 N–H and O–H groups in total. The van der Waals surface area contributed by atoms with Crippen molar-refractivity contribution in [3.8, 4) is 0 Å². The van der Waals surface area contributed by atoms with Crippen molar-refractivity contribution in [3.63, 3.8) is 0 Å². The zero-order valence-electron chi connectivity index (χ0n) is 11.2. The molecule has 104 valence electrons. The van der Waals surface area contributed by atoms with Crippen LogP contribution in [0.15, 0.2) is 22.7 Å². The highest BCUT2D eigenvalue weighted by atomic mass is 79.9. The lowest BCUT2D eigenvalue weighted by atomic mass is 9.89. The number of hydrogen-bond acceptors (Lipinski definition) is 3. The molecule has 5 heteroatoms. The first-order valence-electron chi connectivity index (χ1n) is 6.36. The van der Waals surface area contributed by atoms with E-state index in [2.05, 4.69) is 26.1 Å². The minimum Gasteiger partial charge on any atom is -0.392 e. The second kappa shape index (κ2) is 5.51. The number of aliphatic hydroxyl groups excluding tert-OH is 1. The number of anilines is 1. The van der Waals surface area contributed by atoms with Gasteiger partial charge in [0.2, 0.25) is 5.91 Å². The van der Waals surface area contributed by atoms with Crippen LogP contribution < -0.4 is 10.2 Å². The van der Waals surface area contributed by atoms with E-state index in [4.69, 9.17) is 0 Å². The van der Waals surface area contributed by atoms with Gasteiger partial charge in [-0.3, -0.25) is 4.79 Å². The first kappa shape index (κ1) is 14.3. The smallest absolute Gasteiger partial charge is 0.227 e. The molecule has 0 saturated carbocycles. The van der Waals surface area contributed by atoms with Gasteiger partial charge in [-0.05, 0) is 31.5 Å². The molecule has 1 aliphatic heterocycles. The Bertz CT molecular complexity index is 492. The number of halogens is 1. The summed E-state index contributed by atoms with van der Waals surface area (Å²) in [6.45, 7) is 3.51. The van der Waals surface area contributed by atoms with Crippen LogP contribution in [0.5, 0.6) is 0 Å². The monoisotopic (exact) mass is 326 g/mol. The Balaban J connectivity index is 2.24. The number of aliphatic hydroxyl groups is 1. The van der Waals surface area contributed by atoms with Gasteiger partial charge in [0.05, 0.1) is 12.0 Å². The summed E-state index contributed by atoms with van der Waals surface area (Å²) in [5.41, 5.74) is 1.54. The molecule has 1 amide bonds. The highest BCUT2D eigenvalue weighted by Gasteiger charge is 2.40. The molecule has 1 unspecified atom stereocenters. The molecule has 0 aromatic heterocycles. The molecular weight excluding hydrogens is 308 g/mol. The summed E-state index contributed by atoms with van der Waals surface area (Å²) in [5, 5.41) is 12.2. The predicted molar refractivity (Wildman–Crippen MR) is 79.1 cm³/mol. The minimum atomic E-state index is -0.353. The van der Waals surface area contributed by atoms with E-state index in [1.807, 2.05) is 25.1 Å². The van der Waals surface area contributed by atoms with Crippen LogP contribution in [-0.4, -0.2) is 31.2 Å². The van der Waals surface area contributed by atoms with Gasteiger partial charge in [-0.1, -0.05) is 15.9 Å². The third-order valence-electron chi connectivity index (χ3n) is 3.80. The molecule has 1 aromatic carbocycles. The van der Waals surface area contributed by atoms with Crippen LogP contribution in [-0.2, 0) is 11.4 Å². The van der Waals surface area contributed by atoms with Crippen LogP contribution >= 0.6 is 15.9 Å². The quantitative estimate of drug-likeness (QED) is 0.892. The maximum Gasteiger partial charge on any atom is 0.227 e. The summed E-state index contributed by atoms with van der Waals surface area (Å²) in [7, 11) is 1.68. The number of nitrogens with one attached hydrogen (secondary N) is 1. The lowest BCUT2D eigenvalue weighted by Gasteiger charge is -2.25. The molecule has 0 aliphatic carbocycles. The first-order chi connectivity index (χ1) is 9.00. The Morgan fingerprint density at radius 1 is 1.58 bits per heavy atom. The van der Waals surface area contributed by atoms with Gasteiger partial charge in [-0.2, -0.15) is 0 Å². The summed E-state index contributed by atoms with van der Waals surface area (Å²) < 4.78 is 0.952. The Hall–Kier alpha value is -1.07. The molecular formula is C14H19BrN2O2.